The fourth-order valence-electron chi connectivity index (χ4n) is 13.3. The standard InChI is InChI=1S/C32H46N2.C31H44N2.C28H40N2.C3H5Br.3BrH.13ClH.Li.Ni.Pd.Ti.V.Zr/c1-11-12-19-30-25(10)33(31-26(21(2)3)15-13-16-27(31)22(4)5)20-34(30)32-28(23(6)7)17-14-18-29(32)24(8)9;1-11-12-19-29(33-31-27(22(6)7)17-14-18-28(31)23(8)9)24(10)32-30-25(20(2)3)15-13-16-26(30)21(4)5;1-17(2)23-13-11-14-24(18(3)4)27(23)29-21(9)22(10)30-28-25(19(5)6)15-12-16-26(28)20(7)8;1-2-3-4;;;;;;;;;;;;;;;;;;;;;;/h11,13-18,21-24H,1,12,19-20H2,2-10H3;11,13-18,20-23H,1,12,19H2,2-10H3;11-20H,1-10H3;2H,1,3H2;16*1H;;;;;;/q+2;;;;;;;;;;;;;;;;;;;;+1;2*+2;+4;+3;+4/p-16. The van der Waals surface area contributed by atoms with E-state index in [1.54, 1.807) is 6.08 Å². The first-order chi connectivity index (χ1) is 56.2. The maximum atomic E-state index is 5.32. The van der Waals surface area contributed by atoms with Gasteiger partial charge in [-0.05, 0) is 156 Å². The zero-order chi connectivity index (χ0) is 93.9. The zero-order valence-corrected chi connectivity index (χ0v) is 102. The summed E-state index contributed by atoms with van der Waals surface area (Å²) in [6, 6.07) is 40.2. The Labute approximate surface area is 868 Å². The molecule has 1 aliphatic heterocycles. The van der Waals surface area contributed by atoms with E-state index in [9.17, 15) is 0 Å². The first-order valence-corrected chi connectivity index (χ1v) is 77.8. The fourth-order valence-corrected chi connectivity index (χ4v) is 13.3. The number of benzene rings is 6. The van der Waals surface area contributed by atoms with Gasteiger partial charge in [0.1, 0.15) is 0 Å². The Bertz CT molecular complexity index is 4080. The molecule has 0 radical (unpaired) electrons. The van der Waals surface area contributed by atoms with Gasteiger partial charge in [-0.15, -0.1) is 28.9 Å². The van der Waals surface area contributed by atoms with Gasteiger partial charge in [-0.3, -0.25) is 20.0 Å². The van der Waals surface area contributed by atoms with E-state index in [4.69, 9.17) is 140 Å². The number of para-hydroxylation sites is 6. The van der Waals surface area contributed by atoms with Gasteiger partial charge < -0.3 is 17.0 Å². The van der Waals surface area contributed by atoms with Crippen LogP contribution in [0.2, 0.25) is 0 Å². The van der Waals surface area contributed by atoms with Crippen LogP contribution >= 0.6 is 164 Å². The minimum Gasteiger partial charge on any atom is 1.00 e. The van der Waals surface area contributed by atoms with Gasteiger partial charge in [0.15, 0.2) is 0 Å². The van der Waals surface area contributed by atoms with Crippen LogP contribution in [-0.2, 0) is 67.0 Å². The summed E-state index contributed by atoms with van der Waals surface area (Å²) in [7, 11) is 65.9. The minimum absolute atomic E-state index is 0. The van der Waals surface area contributed by atoms with Crippen molar-refractivity contribution in [2.75, 3.05) is 12.0 Å². The van der Waals surface area contributed by atoms with E-state index in [0.29, 0.717) is 71.0 Å². The van der Waals surface area contributed by atoms with Gasteiger partial charge >= 0.3 is 241 Å². The third-order valence-electron chi connectivity index (χ3n) is 19.3. The van der Waals surface area contributed by atoms with E-state index in [2.05, 4.69) is 382 Å². The molecule has 0 unspecified atom stereocenters. The normalized spacial score (nSPS) is 12.6. The van der Waals surface area contributed by atoms with Crippen LogP contribution in [0.1, 0.15) is 357 Å². The van der Waals surface area contributed by atoms with Crippen LogP contribution in [0.3, 0.4) is 0 Å². The molecule has 1 aliphatic rings. The summed E-state index contributed by atoms with van der Waals surface area (Å²) in [5.74, 6) is 5.27. The molecule has 0 saturated heterocycles. The molecule has 0 bridgehead atoms. The predicted molar refractivity (Wildman–Crippen MR) is 550 cm³/mol. The van der Waals surface area contributed by atoms with Crippen LogP contribution in [0.25, 0.3) is 0 Å². The van der Waals surface area contributed by atoms with Gasteiger partial charge in [-0.25, -0.2) is 0 Å². The molecule has 0 amide bonds. The zero-order valence-electron chi connectivity index (χ0n) is 77.6. The van der Waals surface area contributed by atoms with Crippen LogP contribution in [0.5, 0.6) is 0 Å². The van der Waals surface area contributed by atoms with Crippen LogP contribution in [0.4, 0.5) is 34.1 Å². The van der Waals surface area contributed by atoms with Crippen molar-refractivity contribution in [2.45, 2.75) is 291 Å². The van der Waals surface area contributed by atoms with E-state index < -0.39 is 40.1 Å². The predicted octanol–water partition coefficient (Wildman–Crippen LogP) is 34.3. The first-order valence-electron chi connectivity index (χ1n) is 40.8. The monoisotopic (exact) mass is 2480 g/mol. The molecular weight excluding hydrogens is 2360 g/mol. The Kier molecular flexibility index (Phi) is 74.7. The number of halogens is 17. The third-order valence-corrected chi connectivity index (χ3v) is 19.8. The van der Waals surface area contributed by atoms with E-state index in [1.165, 1.54) is 100 Å². The fraction of sp³-hybridized carbons (Fsp3) is 0.489. The summed E-state index contributed by atoms with van der Waals surface area (Å²) in [4.78, 5) is 20.8. The Morgan fingerprint density at radius 3 is 0.813 bits per heavy atom. The quantitative estimate of drug-likeness (QED) is 0.0162. The SMILES string of the molecule is C=CCBr.C=CCCC(=Nc1c(C(C)C)cccc1C(C)C)C(C)=Nc1c(C(C)C)cccc1C(C)C.C=CCCC1=[N+](c2c(C(C)C)cccc2C(C)C)C[N+](c2c(C(C)C)cccc2C(C)C)=C1C.CC(=Nc1c(C(C)C)cccc1C(C)C)C(C)=Nc1c(C(C)C)cccc1C(C)C.[Br-].[Br][Ni][Br].[Cl][Pd][Cl].[Cl][Ti]([Cl])([Cl])[Cl].[Cl][V]([Cl])[Cl].[Cl][Zr]([Cl])([Cl])[Cl].[Li+]. The number of nitrogens with zero attached hydrogens (tertiary/aromatic N) is 6. The van der Waals surface area contributed by atoms with E-state index in [-0.39, 0.29) is 51.8 Å². The van der Waals surface area contributed by atoms with Crippen molar-refractivity contribution < 1.29 is 112 Å². The molecule has 6 aromatic carbocycles. The Hall–Kier alpha value is 2.19. The van der Waals surface area contributed by atoms with Crippen molar-refractivity contribution in [3.8, 4) is 0 Å². The van der Waals surface area contributed by atoms with Crippen molar-refractivity contribution in [1.29, 1.82) is 0 Å². The number of hydrogen-bond acceptors (Lipinski definition) is 4. The summed E-state index contributed by atoms with van der Waals surface area (Å²) < 4.78 is 5.23. The average molecular weight is 2490 g/mol. The second-order valence-corrected chi connectivity index (χ2v) is 85.3. The van der Waals surface area contributed by atoms with E-state index >= 15 is 0 Å². The smallest absolute Gasteiger partial charge is 1.00 e. The number of allylic oxidation sites excluding steroid dienone is 3. The number of hydrogen-bond donors (Lipinski definition) is 0. The summed E-state index contributed by atoms with van der Waals surface area (Å²) in [5, 5.41) is 0.896. The van der Waals surface area contributed by atoms with Crippen molar-refractivity contribution in [3.05, 3.63) is 214 Å². The Morgan fingerprint density at radius 2 is 0.618 bits per heavy atom. The summed E-state index contributed by atoms with van der Waals surface area (Å²) in [5.41, 5.74) is 30.3. The molecular formula is C94H135Br4Cl13LiN6NiPdTiVZr+2. The molecule has 123 heavy (non-hydrogen) atoms. The molecule has 0 aromatic heterocycles. The molecule has 0 fully saturated rings. The maximum absolute atomic E-state index is 5.32. The summed E-state index contributed by atoms with van der Waals surface area (Å²) in [6.45, 7) is 75.3. The number of aliphatic imine (C=N–C) groups is 4. The molecule has 29 heteroatoms. The summed E-state index contributed by atoms with van der Waals surface area (Å²) >= 11 is 0.852. The van der Waals surface area contributed by atoms with Crippen LogP contribution in [0.15, 0.2) is 167 Å². The molecule has 6 aromatic rings. The van der Waals surface area contributed by atoms with Crippen molar-refractivity contribution in [2.24, 2.45) is 20.0 Å². The Balaban J connectivity index is -0.000000754. The molecule has 0 saturated carbocycles. The molecule has 0 aliphatic carbocycles. The van der Waals surface area contributed by atoms with Crippen molar-refractivity contribution in [1.82, 2.24) is 0 Å². The molecule has 7 rings (SSSR count). The van der Waals surface area contributed by atoms with Gasteiger partial charge in [0.2, 0.25) is 11.4 Å². The largest absolute Gasteiger partial charge is 1.00 e. The minimum atomic E-state index is -3.29. The average Bonchev–Trinajstić information content (AvgIpc) is 1.60. The van der Waals surface area contributed by atoms with Crippen LogP contribution < -0.4 is 35.8 Å². The van der Waals surface area contributed by atoms with E-state index in [0.717, 1.165) is 83.3 Å². The number of rotatable bonds is 27. The Morgan fingerprint density at radius 1 is 0.431 bits per heavy atom. The van der Waals surface area contributed by atoms with E-state index in [1.807, 2.05) is 6.08 Å². The first kappa shape index (κ1) is 131. The van der Waals surface area contributed by atoms with Gasteiger partial charge in [-0.2, -0.15) is 0 Å². The van der Waals surface area contributed by atoms with Crippen LogP contribution in [0, 0.1) is 0 Å². The van der Waals surface area contributed by atoms with Gasteiger partial charge in [-0.1, -0.05) is 310 Å². The maximum Gasteiger partial charge on any atom is 1.00 e. The third kappa shape index (κ3) is 50.7. The van der Waals surface area contributed by atoms with Crippen molar-refractivity contribution in [3.63, 3.8) is 0 Å². The second-order valence-electron chi connectivity index (χ2n) is 32.5. The molecule has 6 nitrogen and oxygen atoms in total. The molecule has 0 N–H and O–H groups in total. The molecule has 692 valence electrons. The van der Waals surface area contributed by atoms with Gasteiger partial charge in [0, 0.05) is 40.9 Å². The van der Waals surface area contributed by atoms with Crippen LogP contribution in [-0.4, -0.2) is 55.4 Å². The number of alkyl halides is 1. The van der Waals surface area contributed by atoms with Crippen molar-refractivity contribution >= 4 is 233 Å². The molecule has 0 atom stereocenters. The topological polar surface area (TPSA) is 55.5 Å². The molecule has 0 spiro atoms. The second kappa shape index (κ2) is 69.9. The molecule has 1 heterocycles. The summed E-state index contributed by atoms with van der Waals surface area (Å²) in [6.07, 6.45) is 9.54. The van der Waals surface area contributed by atoms with Gasteiger partial charge in [0.25, 0.3) is 11.4 Å². The van der Waals surface area contributed by atoms with Gasteiger partial charge in [0.05, 0.1) is 45.6 Å².